The fourth-order valence-corrected chi connectivity index (χ4v) is 1.80. The van der Waals surface area contributed by atoms with Gasteiger partial charge < -0.3 is 9.22 Å². The lowest BCUT2D eigenvalue weighted by Crippen LogP contribution is -2.46. The van der Waals surface area contributed by atoms with Gasteiger partial charge in [-0.05, 0) is 32.9 Å². The van der Waals surface area contributed by atoms with Crippen LogP contribution in [-0.4, -0.2) is 43.6 Å². The molecule has 0 radical (unpaired) electrons. The summed E-state index contributed by atoms with van der Waals surface area (Å²) in [7, 11) is 2.22. The number of carbonyl (C=O) groups excluding carboxylic acids is 1. The van der Waals surface area contributed by atoms with Crippen LogP contribution in [0.1, 0.15) is 31.1 Å². The van der Waals surface area contributed by atoms with E-state index in [1.54, 1.807) is 6.92 Å². The molecule has 0 heterocycles. The molecule has 0 amide bonds. The van der Waals surface area contributed by atoms with Gasteiger partial charge in [0, 0.05) is 0 Å². The topological polar surface area (TPSA) is 26.3 Å². The van der Waals surface area contributed by atoms with Crippen LogP contribution in [-0.2, 0) is 0 Å². The Morgan fingerprint density at radius 2 is 1.83 bits per heavy atom. The van der Waals surface area contributed by atoms with Crippen LogP contribution in [0.25, 0.3) is 0 Å². The van der Waals surface area contributed by atoms with Crippen molar-refractivity contribution >= 4 is 5.78 Å². The normalized spacial score (nSPS) is 11.3. The van der Waals surface area contributed by atoms with Crippen LogP contribution in [0.15, 0.2) is 24.3 Å². The molecular formula is C15H24NO2+. The van der Waals surface area contributed by atoms with Crippen molar-refractivity contribution in [3.63, 3.8) is 0 Å². The summed E-state index contributed by atoms with van der Waals surface area (Å²) >= 11 is 0. The minimum Gasteiger partial charge on any atom is -0.487 e. The smallest absolute Gasteiger partial charge is 0.163 e. The molecule has 0 bridgehead atoms. The fraction of sp³-hybridized carbons (Fsp3) is 0.533. The minimum atomic E-state index is 0.0498. The van der Waals surface area contributed by atoms with Crippen molar-refractivity contribution in [3.8, 4) is 5.75 Å². The van der Waals surface area contributed by atoms with Gasteiger partial charge >= 0.3 is 0 Å². The Hall–Kier alpha value is -1.35. The number of para-hydroxylation sites is 1. The Labute approximate surface area is 110 Å². The minimum absolute atomic E-state index is 0.0498. The van der Waals surface area contributed by atoms with Gasteiger partial charge in [0.05, 0.1) is 25.7 Å². The Morgan fingerprint density at radius 3 is 2.39 bits per heavy atom. The summed E-state index contributed by atoms with van der Waals surface area (Å²) in [4.78, 5) is 11.5. The zero-order valence-corrected chi connectivity index (χ0v) is 11.9. The third kappa shape index (κ3) is 3.84. The van der Waals surface area contributed by atoms with Crippen LogP contribution in [0.2, 0.25) is 0 Å². The molecule has 0 saturated carbocycles. The van der Waals surface area contributed by atoms with Crippen molar-refractivity contribution in [2.75, 3.05) is 33.3 Å². The van der Waals surface area contributed by atoms with Crippen LogP contribution in [0, 0.1) is 0 Å². The van der Waals surface area contributed by atoms with E-state index in [1.165, 1.54) is 0 Å². The maximum atomic E-state index is 11.5. The molecule has 0 fully saturated rings. The van der Waals surface area contributed by atoms with Gasteiger partial charge in [0.2, 0.25) is 0 Å². The SMILES string of the molecule is CC[N+](C)(CC)CCOc1ccccc1C(C)=O. The highest BCUT2D eigenvalue weighted by molar-refractivity contribution is 5.96. The fourth-order valence-electron chi connectivity index (χ4n) is 1.80. The number of nitrogens with zero attached hydrogens (tertiary/aromatic N) is 1. The third-order valence-electron chi connectivity index (χ3n) is 3.68. The number of carbonyl (C=O) groups is 1. The van der Waals surface area contributed by atoms with Crippen molar-refractivity contribution in [1.82, 2.24) is 0 Å². The van der Waals surface area contributed by atoms with E-state index in [-0.39, 0.29) is 5.78 Å². The molecular weight excluding hydrogens is 226 g/mol. The number of ketones is 1. The van der Waals surface area contributed by atoms with E-state index in [0.717, 1.165) is 24.1 Å². The van der Waals surface area contributed by atoms with E-state index in [0.29, 0.717) is 17.9 Å². The second kappa shape index (κ2) is 6.55. The number of Topliss-reactive ketones (excluding diaryl/α,β-unsaturated/α-hetero) is 1. The molecule has 0 unspecified atom stereocenters. The number of benzene rings is 1. The van der Waals surface area contributed by atoms with Gasteiger partial charge in [-0.25, -0.2) is 0 Å². The average Bonchev–Trinajstić information content (AvgIpc) is 2.39. The summed E-state index contributed by atoms with van der Waals surface area (Å²) in [6, 6.07) is 7.43. The van der Waals surface area contributed by atoms with Crippen LogP contribution in [0.4, 0.5) is 0 Å². The van der Waals surface area contributed by atoms with Gasteiger partial charge in [0.15, 0.2) is 5.78 Å². The summed E-state index contributed by atoms with van der Waals surface area (Å²) in [6.07, 6.45) is 0. The lowest BCUT2D eigenvalue weighted by atomic mass is 10.1. The molecule has 100 valence electrons. The van der Waals surface area contributed by atoms with E-state index in [9.17, 15) is 4.79 Å². The van der Waals surface area contributed by atoms with Crippen molar-refractivity contribution in [1.29, 1.82) is 0 Å². The molecule has 0 atom stereocenters. The van der Waals surface area contributed by atoms with Gasteiger partial charge in [-0.15, -0.1) is 0 Å². The zero-order valence-electron chi connectivity index (χ0n) is 11.9. The first-order chi connectivity index (χ1) is 8.52. The first kappa shape index (κ1) is 14.7. The monoisotopic (exact) mass is 250 g/mol. The van der Waals surface area contributed by atoms with Crippen molar-refractivity contribution in [3.05, 3.63) is 29.8 Å². The number of quaternary nitrogens is 1. The third-order valence-corrected chi connectivity index (χ3v) is 3.68. The van der Waals surface area contributed by atoms with Gasteiger partial charge in [0.25, 0.3) is 0 Å². The lowest BCUT2D eigenvalue weighted by Gasteiger charge is -2.31. The summed E-state index contributed by atoms with van der Waals surface area (Å²) in [5, 5.41) is 0. The molecule has 1 aromatic carbocycles. The summed E-state index contributed by atoms with van der Waals surface area (Å²) in [6.45, 7) is 9.73. The largest absolute Gasteiger partial charge is 0.487 e. The Balaban J connectivity index is 2.62. The number of hydrogen-bond donors (Lipinski definition) is 0. The van der Waals surface area contributed by atoms with E-state index in [4.69, 9.17) is 4.74 Å². The number of likely N-dealkylation sites (N-methyl/N-ethyl adjacent to an activating group) is 1. The van der Waals surface area contributed by atoms with Crippen LogP contribution >= 0.6 is 0 Å². The van der Waals surface area contributed by atoms with Crippen LogP contribution < -0.4 is 4.74 Å². The van der Waals surface area contributed by atoms with Gasteiger partial charge in [0.1, 0.15) is 18.9 Å². The maximum absolute atomic E-state index is 11.5. The molecule has 0 aromatic heterocycles. The molecule has 18 heavy (non-hydrogen) atoms. The number of hydrogen-bond acceptors (Lipinski definition) is 2. The van der Waals surface area contributed by atoms with Gasteiger partial charge in [-0.1, -0.05) is 12.1 Å². The van der Waals surface area contributed by atoms with Crippen LogP contribution in [0.5, 0.6) is 5.75 Å². The first-order valence-electron chi connectivity index (χ1n) is 6.58. The highest BCUT2D eigenvalue weighted by Gasteiger charge is 2.16. The molecule has 0 saturated heterocycles. The maximum Gasteiger partial charge on any atom is 0.163 e. The molecule has 0 aliphatic carbocycles. The molecule has 3 heteroatoms. The number of ether oxygens (including phenoxy) is 1. The lowest BCUT2D eigenvalue weighted by molar-refractivity contribution is -0.906. The molecule has 0 aliphatic rings. The average molecular weight is 250 g/mol. The molecule has 0 aliphatic heterocycles. The first-order valence-corrected chi connectivity index (χ1v) is 6.58. The Kier molecular flexibility index (Phi) is 5.35. The highest BCUT2D eigenvalue weighted by atomic mass is 16.5. The highest BCUT2D eigenvalue weighted by Crippen LogP contribution is 2.18. The zero-order chi connectivity index (χ0) is 13.6. The Bertz CT molecular complexity index is 397. The van der Waals surface area contributed by atoms with E-state index >= 15 is 0 Å². The molecule has 0 spiro atoms. The molecule has 1 aromatic rings. The van der Waals surface area contributed by atoms with E-state index in [2.05, 4.69) is 20.9 Å². The molecule has 0 N–H and O–H groups in total. The predicted octanol–water partition coefficient (Wildman–Crippen LogP) is 2.75. The summed E-state index contributed by atoms with van der Waals surface area (Å²) in [5.74, 6) is 0.748. The second-order valence-electron chi connectivity index (χ2n) is 4.88. The second-order valence-corrected chi connectivity index (χ2v) is 4.88. The van der Waals surface area contributed by atoms with Crippen molar-refractivity contribution < 1.29 is 14.0 Å². The Morgan fingerprint density at radius 1 is 1.22 bits per heavy atom. The predicted molar refractivity (Wildman–Crippen MR) is 74.1 cm³/mol. The molecule has 1 rings (SSSR count). The van der Waals surface area contributed by atoms with Crippen LogP contribution in [0.3, 0.4) is 0 Å². The quantitative estimate of drug-likeness (QED) is 0.549. The van der Waals surface area contributed by atoms with Gasteiger partial charge in [-0.2, -0.15) is 0 Å². The van der Waals surface area contributed by atoms with E-state index < -0.39 is 0 Å². The van der Waals surface area contributed by atoms with Crippen molar-refractivity contribution in [2.24, 2.45) is 0 Å². The standard InChI is InChI=1S/C15H24NO2/c1-5-16(4,6-2)11-12-18-15-10-8-7-9-14(15)13(3)17/h7-10H,5-6,11-12H2,1-4H3/q+1. The summed E-state index contributed by atoms with van der Waals surface area (Å²) < 4.78 is 6.75. The summed E-state index contributed by atoms with van der Waals surface area (Å²) in [5.41, 5.74) is 0.666. The van der Waals surface area contributed by atoms with Gasteiger partial charge in [-0.3, -0.25) is 4.79 Å². The van der Waals surface area contributed by atoms with Crippen molar-refractivity contribution in [2.45, 2.75) is 20.8 Å². The molecule has 3 nitrogen and oxygen atoms in total. The van der Waals surface area contributed by atoms with E-state index in [1.807, 2.05) is 24.3 Å². The number of rotatable bonds is 7.